The quantitative estimate of drug-likeness (QED) is 0.534. The highest BCUT2D eigenvalue weighted by Crippen LogP contribution is 2.29. The molecule has 1 amide bonds. The van der Waals surface area contributed by atoms with Crippen molar-refractivity contribution in [3.05, 3.63) is 68.1 Å². The highest BCUT2D eigenvalue weighted by Gasteiger charge is 2.22. The number of carbonyl (C=O) groups excluding carboxylic acids is 1. The minimum absolute atomic E-state index is 0.0688. The predicted octanol–water partition coefficient (Wildman–Crippen LogP) is 1.93. The Bertz CT molecular complexity index is 1470. The van der Waals surface area contributed by atoms with E-state index >= 15 is 0 Å². The molecule has 2 aromatic carbocycles. The molecule has 8 nitrogen and oxygen atoms in total. The molecule has 0 spiro atoms. The van der Waals surface area contributed by atoms with Crippen molar-refractivity contribution in [2.75, 3.05) is 7.11 Å². The van der Waals surface area contributed by atoms with Crippen molar-refractivity contribution < 1.29 is 13.9 Å². The van der Waals surface area contributed by atoms with Crippen molar-refractivity contribution in [1.29, 1.82) is 0 Å². The molecular weight excluding hydrogens is 415 g/mol. The van der Waals surface area contributed by atoms with Gasteiger partial charge in [-0.2, -0.15) is 0 Å². The lowest BCUT2D eigenvalue weighted by atomic mass is 10.2. The second-order valence-electron chi connectivity index (χ2n) is 6.71. The third-order valence-electron chi connectivity index (χ3n) is 4.95. The average molecular weight is 431 g/mol. The summed E-state index contributed by atoms with van der Waals surface area (Å²) in [5.41, 5.74) is 5.07. The fraction of sp³-hybridized carbons (Fsp3) is 0.150. The Hall–Kier alpha value is -3.59. The van der Waals surface area contributed by atoms with Crippen LogP contribution in [0.15, 0.2) is 46.0 Å². The zero-order valence-corrected chi connectivity index (χ0v) is 16.7. The minimum Gasteiger partial charge on any atom is -0.497 e. The number of aryl methyl sites for hydroxylation is 1. The van der Waals surface area contributed by atoms with Crippen LogP contribution in [0, 0.1) is 5.82 Å². The molecule has 0 aliphatic rings. The van der Waals surface area contributed by atoms with Gasteiger partial charge in [0, 0.05) is 12.4 Å². The second-order valence-corrected chi connectivity index (χ2v) is 7.12. The van der Waals surface area contributed by atoms with Gasteiger partial charge in [-0.05, 0) is 36.4 Å². The number of hydrogen-bond donors (Lipinski definition) is 1. The van der Waals surface area contributed by atoms with Crippen LogP contribution in [0.25, 0.3) is 27.6 Å². The van der Waals surface area contributed by atoms with Crippen LogP contribution in [0.4, 0.5) is 4.39 Å². The van der Waals surface area contributed by atoms with E-state index in [2.05, 4.69) is 0 Å². The van der Waals surface area contributed by atoms with Crippen molar-refractivity contribution in [3.8, 4) is 11.4 Å². The summed E-state index contributed by atoms with van der Waals surface area (Å²) in [4.78, 5) is 38.4. The Morgan fingerprint density at radius 2 is 1.90 bits per heavy atom. The number of nitrogens with zero attached hydrogens (tertiary/aromatic N) is 3. The normalized spacial score (nSPS) is 11.3. The summed E-state index contributed by atoms with van der Waals surface area (Å²) in [5, 5.41) is 0.300. The first kappa shape index (κ1) is 19.7. The monoisotopic (exact) mass is 430 g/mol. The molecular formula is C20H16ClFN4O4. The number of halogens is 2. The van der Waals surface area contributed by atoms with Gasteiger partial charge in [-0.3, -0.25) is 14.2 Å². The van der Waals surface area contributed by atoms with Gasteiger partial charge in [0.05, 0.1) is 28.9 Å². The number of nitrogens with two attached hydrogens (primary N) is 1. The zero-order valence-electron chi connectivity index (χ0n) is 16.0. The van der Waals surface area contributed by atoms with Gasteiger partial charge < -0.3 is 15.0 Å². The van der Waals surface area contributed by atoms with Crippen molar-refractivity contribution in [2.24, 2.45) is 12.8 Å². The Labute approximate surface area is 173 Å². The van der Waals surface area contributed by atoms with Crippen LogP contribution < -0.4 is 21.7 Å². The number of fused-ring (bicyclic) bond motifs is 3. The van der Waals surface area contributed by atoms with E-state index in [4.69, 9.17) is 22.1 Å². The maximum absolute atomic E-state index is 13.6. The van der Waals surface area contributed by atoms with E-state index < -0.39 is 29.5 Å². The molecule has 2 aromatic heterocycles. The molecule has 2 heterocycles. The molecule has 4 rings (SSSR count). The van der Waals surface area contributed by atoms with E-state index in [0.29, 0.717) is 16.7 Å². The van der Waals surface area contributed by atoms with Crippen LogP contribution in [-0.4, -0.2) is 26.7 Å². The first-order valence-electron chi connectivity index (χ1n) is 8.80. The SMILES string of the molecule is COc1ccc2c(c1)c1c(c(=O)n(-c3ccc(F)c(Cl)c3)c(=O)n1CC(N)=O)n2C. The van der Waals surface area contributed by atoms with E-state index in [1.807, 2.05) is 0 Å². The lowest BCUT2D eigenvalue weighted by Crippen LogP contribution is -2.41. The maximum Gasteiger partial charge on any atom is 0.336 e. The molecule has 10 heteroatoms. The van der Waals surface area contributed by atoms with Crippen LogP contribution in [0.5, 0.6) is 5.75 Å². The van der Waals surface area contributed by atoms with Crippen LogP contribution >= 0.6 is 11.6 Å². The average Bonchev–Trinajstić information content (AvgIpc) is 3.00. The van der Waals surface area contributed by atoms with Gasteiger partial charge >= 0.3 is 5.69 Å². The largest absolute Gasteiger partial charge is 0.497 e. The number of hydrogen-bond acceptors (Lipinski definition) is 4. The predicted molar refractivity (Wildman–Crippen MR) is 111 cm³/mol. The number of primary amides is 1. The van der Waals surface area contributed by atoms with E-state index in [1.54, 1.807) is 29.8 Å². The molecule has 0 unspecified atom stereocenters. The van der Waals surface area contributed by atoms with E-state index in [0.717, 1.165) is 15.2 Å². The summed E-state index contributed by atoms with van der Waals surface area (Å²) in [7, 11) is 3.16. The molecule has 0 saturated carbocycles. The minimum atomic E-state index is -0.802. The summed E-state index contributed by atoms with van der Waals surface area (Å²) in [6.45, 7) is -0.457. The number of carbonyl (C=O) groups is 1. The number of benzene rings is 2. The molecule has 0 saturated heterocycles. The highest BCUT2D eigenvalue weighted by atomic mass is 35.5. The number of amides is 1. The van der Waals surface area contributed by atoms with Crippen LogP contribution in [-0.2, 0) is 18.4 Å². The Morgan fingerprint density at radius 3 is 2.53 bits per heavy atom. The Morgan fingerprint density at radius 1 is 1.17 bits per heavy atom. The molecule has 0 fully saturated rings. The van der Waals surface area contributed by atoms with Gasteiger partial charge in [0.2, 0.25) is 5.91 Å². The van der Waals surface area contributed by atoms with Gasteiger partial charge in [-0.1, -0.05) is 11.6 Å². The van der Waals surface area contributed by atoms with Crippen molar-refractivity contribution in [2.45, 2.75) is 6.54 Å². The number of ether oxygens (including phenoxy) is 1. The summed E-state index contributed by atoms with van der Waals surface area (Å²) >= 11 is 5.85. The van der Waals surface area contributed by atoms with Gasteiger partial charge in [-0.25, -0.2) is 13.8 Å². The van der Waals surface area contributed by atoms with Gasteiger partial charge in [0.1, 0.15) is 23.6 Å². The van der Waals surface area contributed by atoms with Gasteiger partial charge in [-0.15, -0.1) is 0 Å². The first-order valence-corrected chi connectivity index (χ1v) is 9.18. The van der Waals surface area contributed by atoms with Crippen LogP contribution in [0.2, 0.25) is 5.02 Å². The van der Waals surface area contributed by atoms with Crippen molar-refractivity contribution >= 4 is 39.4 Å². The standard InChI is InChI=1S/C20H16ClFN4O4/c1-24-15-6-4-11(30-2)8-12(15)17-18(24)19(28)26(20(29)25(17)9-16(23)27)10-3-5-14(22)13(21)7-10/h3-8H,9H2,1-2H3,(H2,23,27). The van der Waals surface area contributed by atoms with E-state index in [-0.39, 0.29) is 21.7 Å². The summed E-state index contributed by atoms with van der Waals surface area (Å²) < 4.78 is 22.5. The summed E-state index contributed by atoms with van der Waals surface area (Å²) in [6, 6.07) is 8.62. The van der Waals surface area contributed by atoms with Crippen molar-refractivity contribution in [3.63, 3.8) is 0 Å². The molecule has 0 bridgehead atoms. The fourth-order valence-electron chi connectivity index (χ4n) is 3.61. The lowest BCUT2D eigenvalue weighted by molar-refractivity contribution is -0.118. The Kier molecular flexibility index (Phi) is 4.62. The third-order valence-corrected chi connectivity index (χ3v) is 5.24. The smallest absolute Gasteiger partial charge is 0.336 e. The molecule has 4 aromatic rings. The first-order chi connectivity index (χ1) is 14.2. The maximum atomic E-state index is 13.6. The molecule has 0 atom stereocenters. The lowest BCUT2D eigenvalue weighted by Gasteiger charge is -2.12. The Balaban J connectivity index is 2.24. The fourth-order valence-corrected chi connectivity index (χ4v) is 3.79. The second kappa shape index (κ2) is 7.03. The topological polar surface area (TPSA) is 101 Å². The molecule has 154 valence electrons. The highest BCUT2D eigenvalue weighted by molar-refractivity contribution is 6.30. The molecule has 2 N–H and O–H groups in total. The number of rotatable bonds is 4. The molecule has 0 aliphatic heterocycles. The van der Waals surface area contributed by atoms with Gasteiger partial charge in [0.15, 0.2) is 0 Å². The molecule has 0 aliphatic carbocycles. The number of aromatic nitrogens is 3. The van der Waals surface area contributed by atoms with Crippen LogP contribution in [0.3, 0.4) is 0 Å². The van der Waals surface area contributed by atoms with E-state index in [9.17, 15) is 18.8 Å². The zero-order chi connectivity index (χ0) is 21.7. The van der Waals surface area contributed by atoms with E-state index in [1.165, 1.54) is 19.2 Å². The van der Waals surface area contributed by atoms with Crippen molar-refractivity contribution in [1.82, 2.24) is 13.7 Å². The molecule has 0 radical (unpaired) electrons. The van der Waals surface area contributed by atoms with Crippen LogP contribution in [0.1, 0.15) is 0 Å². The molecule has 30 heavy (non-hydrogen) atoms. The number of methoxy groups -OCH3 is 1. The third kappa shape index (κ3) is 2.86. The summed E-state index contributed by atoms with van der Waals surface area (Å²) in [6.07, 6.45) is 0. The van der Waals surface area contributed by atoms with Gasteiger partial charge in [0.25, 0.3) is 5.56 Å². The summed E-state index contributed by atoms with van der Waals surface area (Å²) in [5.74, 6) is -0.938.